The lowest BCUT2D eigenvalue weighted by Gasteiger charge is -2.34. The fourth-order valence-electron chi connectivity index (χ4n) is 1.37. The first-order valence-corrected chi connectivity index (χ1v) is 5.84. The van der Waals surface area contributed by atoms with E-state index in [0.29, 0.717) is 5.56 Å². The van der Waals surface area contributed by atoms with Gasteiger partial charge in [0.15, 0.2) is 0 Å². The van der Waals surface area contributed by atoms with Gasteiger partial charge >= 0.3 is 0 Å². The molecule has 0 spiro atoms. The number of nitrogens with one attached hydrogen (secondary N) is 1. The summed E-state index contributed by atoms with van der Waals surface area (Å²) in [6, 6.07) is 3.60. The Bertz CT molecular complexity index is 384. The van der Waals surface area contributed by atoms with Gasteiger partial charge in [0.1, 0.15) is 5.82 Å². The van der Waals surface area contributed by atoms with Gasteiger partial charge in [-0.1, -0.05) is 6.92 Å². The summed E-state index contributed by atoms with van der Waals surface area (Å²) in [5, 5.41) is 2.93. The molecule has 1 aromatic heterocycles. The second-order valence-electron chi connectivity index (χ2n) is 4.71. The molecular weight excluding hydrogens is 214 g/mol. The van der Waals surface area contributed by atoms with Crippen LogP contribution in [0.2, 0.25) is 0 Å². The Kier molecular flexibility index (Phi) is 4.10. The zero-order valence-electron chi connectivity index (χ0n) is 11.2. The Balaban J connectivity index is 2.89. The summed E-state index contributed by atoms with van der Waals surface area (Å²) < 4.78 is 0. The van der Waals surface area contributed by atoms with E-state index in [1.54, 1.807) is 30.3 Å². The van der Waals surface area contributed by atoms with Crippen molar-refractivity contribution in [1.82, 2.24) is 9.88 Å². The summed E-state index contributed by atoms with van der Waals surface area (Å²) in [6.07, 6.45) is 2.52. The third kappa shape index (κ3) is 2.96. The van der Waals surface area contributed by atoms with Crippen LogP contribution in [0, 0.1) is 0 Å². The Morgan fingerprint density at radius 2 is 2.12 bits per heavy atom. The molecule has 17 heavy (non-hydrogen) atoms. The molecule has 0 saturated heterocycles. The molecule has 1 amide bonds. The van der Waals surface area contributed by atoms with Crippen LogP contribution in [0.15, 0.2) is 18.3 Å². The van der Waals surface area contributed by atoms with Crippen LogP contribution in [0.5, 0.6) is 0 Å². The summed E-state index contributed by atoms with van der Waals surface area (Å²) in [7, 11) is 3.63. The van der Waals surface area contributed by atoms with Crippen molar-refractivity contribution in [2.24, 2.45) is 0 Å². The zero-order chi connectivity index (χ0) is 13.1. The maximum absolute atomic E-state index is 12.2. The molecule has 0 aliphatic heterocycles. The van der Waals surface area contributed by atoms with Crippen molar-refractivity contribution < 1.29 is 4.79 Å². The molecule has 1 rings (SSSR count). The number of aromatic nitrogens is 1. The summed E-state index contributed by atoms with van der Waals surface area (Å²) in [5.74, 6) is 0.769. The smallest absolute Gasteiger partial charge is 0.255 e. The lowest BCUT2D eigenvalue weighted by molar-refractivity contribution is 0.0620. The monoisotopic (exact) mass is 235 g/mol. The highest BCUT2D eigenvalue weighted by molar-refractivity contribution is 5.94. The number of rotatable bonds is 4. The first-order chi connectivity index (χ1) is 7.92. The number of nitrogens with zero attached hydrogens (tertiary/aromatic N) is 2. The van der Waals surface area contributed by atoms with Gasteiger partial charge in [0, 0.05) is 25.8 Å². The highest BCUT2D eigenvalue weighted by Crippen LogP contribution is 2.19. The van der Waals surface area contributed by atoms with E-state index in [0.717, 1.165) is 12.2 Å². The fourth-order valence-corrected chi connectivity index (χ4v) is 1.37. The molecule has 1 N–H and O–H groups in total. The van der Waals surface area contributed by atoms with E-state index in [9.17, 15) is 4.79 Å². The molecule has 0 radical (unpaired) electrons. The summed E-state index contributed by atoms with van der Waals surface area (Å²) >= 11 is 0. The number of anilines is 1. The van der Waals surface area contributed by atoms with E-state index in [-0.39, 0.29) is 11.4 Å². The molecule has 0 fully saturated rings. The number of hydrogen-bond donors (Lipinski definition) is 1. The fraction of sp³-hybridized carbons (Fsp3) is 0.538. The Hall–Kier alpha value is -1.58. The standard InChI is InChI=1S/C13H21N3O/c1-6-13(2,3)16(5)12(17)10-7-8-11(14-4)15-9-10/h7-9H,6H2,1-5H3,(H,14,15). The molecule has 0 bridgehead atoms. The number of pyridine rings is 1. The van der Waals surface area contributed by atoms with Gasteiger partial charge in [-0.25, -0.2) is 4.98 Å². The predicted molar refractivity (Wildman–Crippen MR) is 70.2 cm³/mol. The van der Waals surface area contributed by atoms with Crippen LogP contribution in [0.3, 0.4) is 0 Å². The first kappa shape index (κ1) is 13.5. The van der Waals surface area contributed by atoms with Crippen LogP contribution in [0.4, 0.5) is 5.82 Å². The van der Waals surface area contributed by atoms with E-state index in [4.69, 9.17) is 0 Å². The first-order valence-electron chi connectivity index (χ1n) is 5.84. The van der Waals surface area contributed by atoms with Crippen molar-refractivity contribution in [2.75, 3.05) is 19.4 Å². The van der Waals surface area contributed by atoms with E-state index in [2.05, 4.69) is 31.1 Å². The van der Waals surface area contributed by atoms with Crippen molar-refractivity contribution in [2.45, 2.75) is 32.7 Å². The largest absolute Gasteiger partial charge is 0.373 e. The van der Waals surface area contributed by atoms with Crippen LogP contribution < -0.4 is 5.32 Å². The number of amides is 1. The van der Waals surface area contributed by atoms with Crippen molar-refractivity contribution in [3.05, 3.63) is 23.9 Å². The summed E-state index contributed by atoms with van der Waals surface area (Å²) in [5.41, 5.74) is 0.478. The van der Waals surface area contributed by atoms with E-state index in [1.165, 1.54) is 0 Å². The Morgan fingerprint density at radius 3 is 2.53 bits per heavy atom. The molecule has 0 saturated carbocycles. The van der Waals surface area contributed by atoms with E-state index in [1.807, 2.05) is 7.05 Å². The van der Waals surface area contributed by atoms with Crippen LogP contribution in [-0.4, -0.2) is 35.4 Å². The van der Waals surface area contributed by atoms with Gasteiger partial charge in [-0.2, -0.15) is 0 Å². The summed E-state index contributed by atoms with van der Waals surface area (Å²) in [4.78, 5) is 18.1. The van der Waals surface area contributed by atoms with Gasteiger partial charge in [0.2, 0.25) is 0 Å². The quantitative estimate of drug-likeness (QED) is 0.871. The predicted octanol–water partition coefficient (Wildman–Crippen LogP) is 2.38. The van der Waals surface area contributed by atoms with Gasteiger partial charge in [0.25, 0.3) is 5.91 Å². The minimum absolute atomic E-state index is 0.00648. The molecule has 4 heteroatoms. The normalized spacial score (nSPS) is 11.1. The molecule has 94 valence electrons. The number of carbonyl (C=O) groups excluding carboxylic acids is 1. The third-order valence-electron chi connectivity index (χ3n) is 3.34. The molecule has 0 aliphatic rings. The molecule has 0 aromatic carbocycles. The van der Waals surface area contributed by atoms with Gasteiger partial charge in [-0.3, -0.25) is 4.79 Å². The highest BCUT2D eigenvalue weighted by Gasteiger charge is 2.26. The molecular formula is C13H21N3O. The van der Waals surface area contributed by atoms with Crippen molar-refractivity contribution >= 4 is 11.7 Å². The lowest BCUT2D eigenvalue weighted by atomic mass is 9.99. The van der Waals surface area contributed by atoms with Crippen LogP contribution in [-0.2, 0) is 0 Å². The maximum Gasteiger partial charge on any atom is 0.255 e. The average Bonchev–Trinajstić information content (AvgIpc) is 2.37. The van der Waals surface area contributed by atoms with Crippen LogP contribution in [0.1, 0.15) is 37.6 Å². The molecule has 0 unspecified atom stereocenters. The third-order valence-corrected chi connectivity index (χ3v) is 3.34. The Labute approximate surface area is 103 Å². The van der Waals surface area contributed by atoms with Crippen LogP contribution in [0.25, 0.3) is 0 Å². The SMILES string of the molecule is CCC(C)(C)N(C)C(=O)c1ccc(NC)nc1. The number of hydrogen-bond acceptors (Lipinski definition) is 3. The van der Waals surface area contributed by atoms with Crippen molar-refractivity contribution in [3.8, 4) is 0 Å². The maximum atomic E-state index is 12.2. The van der Waals surface area contributed by atoms with Crippen LogP contribution >= 0.6 is 0 Å². The molecule has 1 aromatic rings. The molecule has 0 aliphatic carbocycles. The van der Waals surface area contributed by atoms with Gasteiger partial charge in [0.05, 0.1) is 5.56 Å². The summed E-state index contributed by atoms with van der Waals surface area (Å²) in [6.45, 7) is 6.19. The minimum atomic E-state index is -0.140. The van der Waals surface area contributed by atoms with E-state index < -0.39 is 0 Å². The molecule has 4 nitrogen and oxygen atoms in total. The van der Waals surface area contributed by atoms with E-state index >= 15 is 0 Å². The van der Waals surface area contributed by atoms with Gasteiger partial charge in [-0.15, -0.1) is 0 Å². The van der Waals surface area contributed by atoms with Gasteiger partial charge < -0.3 is 10.2 Å². The van der Waals surface area contributed by atoms with Crippen molar-refractivity contribution in [3.63, 3.8) is 0 Å². The molecule has 1 heterocycles. The second-order valence-corrected chi connectivity index (χ2v) is 4.71. The zero-order valence-corrected chi connectivity index (χ0v) is 11.2. The van der Waals surface area contributed by atoms with Gasteiger partial charge in [-0.05, 0) is 32.4 Å². The Morgan fingerprint density at radius 1 is 1.47 bits per heavy atom. The average molecular weight is 235 g/mol. The minimum Gasteiger partial charge on any atom is -0.373 e. The van der Waals surface area contributed by atoms with Crippen molar-refractivity contribution in [1.29, 1.82) is 0 Å². The topological polar surface area (TPSA) is 45.2 Å². The second kappa shape index (κ2) is 5.17. The lowest BCUT2D eigenvalue weighted by Crippen LogP contribution is -2.44. The highest BCUT2D eigenvalue weighted by atomic mass is 16.2. The molecule has 0 atom stereocenters. The number of carbonyl (C=O) groups is 1.